The first-order valence-electron chi connectivity index (χ1n) is 11.7. The molecule has 10 heteroatoms. The average molecular weight is 452 g/mol. The van der Waals surface area contributed by atoms with Gasteiger partial charge < -0.3 is 25.0 Å². The lowest BCUT2D eigenvalue weighted by Crippen LogP contribution is -2.69. The van der Waals surface area contributed by atoms with E-state index >= 15 is 0 Å². The fourth-order valence-electron chi connectivity index (χ4n) is 6.90. The van der Waals surface area contributed by atoms with E-state index < -0.39 is 11.6 Å². The Morgan fingerprint density at radius 1 is 1.06 bits per heavy atom. The van der Waals surface area contributed by atoms with E-state index in [4.69, 9.17) is 19.2 Å². The first-order valence-corrected chi connectivity index (χ1v) is 11.7. The molecule has 32 heavy (non-hydrogen) atoms. The van der Waals surface area contributed by atoms with Gasteiger partial charge >= 0.3 is 6.09 Å². The minimum absolute atomic E-state index is 0.0223. The van der Waals surface area contributed by atoms with E-state index in [9.17, 15) is 14.4 Å². The van der Waals surface area contributed by atoms with E-state index in [-0.39, 0.29) is 41.7 Å². The monoisotopic (exact) mass is 451 g/mol. The van der Waals surface area contributed by atoms with Crippen molar-refractivity contribution in [2.75, 3.05) is 26.7 Å². The molecule has 0 aromatic heterocycles. The third kappa shape index (κ3) is 3.66. The van der Waals surface area contributed by atoms with E-state index in [2.05, 4.69) is 10.6 Å². The van der Waals surface area contributed by atoms with Gasteiger partial charge in [-0.25, -0.2) is 4.79 Å². The van der Waals surface area contributed by atoms with Crippen LogP contribution in [-0.4, -0.2) is 66.7 Å². The van der Waals surface area contributed by atoms with Crippen LogP contribution in [-0.2, 0) is 28.8 Å². The van der Waals surface area contributed by atoms with Crippen LogP contribution in [0.1, 0.15) is 58.3 Å². The van der Waals surface area contributed by atoms with E-state index in [0.29, 0.717) is 38.4 Å². The van der Waals surface area contributed by atoms with Crippen LogP contribution < -0.4 is 10.6 Å². The summed E-state index contributed by atoms with van der Waals surface area (Å²) in [6, 6.07) is 0. The van der Waals surface area contributed by atoms with Gasteiger partial charge in [0.2, 0.25) is 23.4 Å². The number of hydrogen-bond donors (Lipinski definition) is 2. The predicted molar refractivity (Wildman–Crippen MR) is 110 cm³/mol. The standard InChI is InChI=1S/C22H33N3O7/c1-14(26)23-6-3-18(27)24-20-11-15-9-16(12-20)22(17(10-15)13-20)30-21(31-32-22)4-7-25(8-5-21)19(28)29-2/h15-17H,3-13H2,1-2H3,(H,23,26)(H,24,27). The van der Waals surface area contributed by atoms with Gasteiger partial charge in [0.05, 0.1) is 7.11 Å². The lowest BCUT2D eigenvalue weighted by atomic mass is 9.50. The largest absolute Gasteiger partial charge is 0.453 e. The van der Waals surface area contributed by atoms with Gasteiger partial charge in [-0.3, -0.25) is 9.59 Å². The molecule has 10 nitrogen and oxygen atoms in total. The number of ether oxygens (including phenoxy) is 2. The molecule has 0 aromatic rings. The minimum atomic E-state index is -0.825. The number of piperidine rings is 1. The molecule has 4 saturated carbocycles. The summed E-state index contributed by atoms with van der Waals surface area (Å²) in [5, 5.41) is 5.98. The maximum absolute atomic E-state index is 12.6. The van der Waals surface area contributed by atoms with E-state index in [1.807, 2.05) is 0 Å². The normalized spacial score (nSPS) is 38.8. The number of amides is 3. The Labute approximate surface area is 187 Å². The van der Waals surface area contributed by atoms with Crippen LogP contribution in [0.4, 0.5) is 4.79 Å². The van der Waals surface area contributed by atoms with Crippen molar-refractivity contribution in [2.45, 2.75) is 75.4 Å². The van der Waals surface area contributed by atoms with Crippen molar-refractivity contribution in [3.63, 3.8) is 0 Å². The molecular weight excluding hydrogens is 418 g/mol. The molecule has 6 fully saturated rings. The topological polar surface area (TPSA) is 115 Å². The fourth-order valence-corrected chi connectivity index (χ4v) is 6.90. The Morgan fingerprint density at radius 2 is 1.75 bits per heavy atom. The molecule has 4 aliphatic carbocycles. The molecule has 2 heterocycles. The zero-order valence-electron chi connectivity index (χ0n) is 18.8. The van der Waals surface area contributed by atoms with Crippen LogP contribution in [0.15, 0.2) is 0 Å². The number of hydrogen-bond acceptors (Lipinski definition) is 7. The smallest absolute Gasteiger partial charge is 0.409 e. The Balaban J connectivity index is 1.24. The summed E-state index contributed by atoms with van der Waals surface area (Å²) in [5.74, 6) is -0.894. The van der Waals surface area contributed by atoms with Crippen LogP contribution in [0, 0.1) is 17.8 Å². The number of carbonyl (C=O) groups excluding carboxylic acids is 3. The van der Waals surface area contributed by atoms with Crippen molar-refractivity contribution in [2.24, 2.45) is 17.8 Å². The number of likely N-dealkylation sites (tertiary alicyclic amines) is 1. The highest BCUT2D eigenvalue weighted by Crippen LogP contribution is 2.64. The third-order valence-corrected chi connectivity index (χ3v) is 8.09. The van der Waals surface area contributed by atoms with Gasteiger partial charge in [-0.1, -0.05) is 0 Å². The van der Waals surface area contributed by atoms with Crippen LogP contribution >= 0.6 is 0 Å². The number of carbonyl (C=O) groups is 3. The molecule has 6 rings (SSSR count). The molecule has 3 amide bonds. The maximum atomic E-state index is 12.6. The van der Waals surface area contributed by atoms with Crippen molar-refractivity contribution in [3.05, 3.63) is 0 Å². The van der Waals surface area contributed by atoms with Gasteiger partial charge in [-0.2, -0.15) is 9.78 Å². The minimum Gasteiger partial charge on any atom is -0.453 e. The number of nitrogens with zero attached hydrogens (tertiary/aromatic N) is 1. The van der Waals surface area contributed by atoms with E-state index in [0.717, 1.165) is 32.1 Å². The summed E-state index contributed by atoms with van der Waals surface area (Å²) in [7, 11) is 1.39. The highest BCUT2D eigenvalue weighted by molar-refractivity contribution is 5.78. The summed E-state index contributed by atoms with van der Waals surface area (Å²) < 4.78 is 11.5. The maximum Gasteiger partial charge on any atom is 0.409 e. The molecule has 6 aliphatic rings. The molecule has 2 saturated heterocycles. The zero-order chi connectivity index (χ0) is 22.6. The molecule has 0 radical (unpaired) electrons. The highest BCUT2D eigenvalue weighted by atomic mass is 17.3. The SMILES string of the molecule is COC(=O)N1CCC2(CC1)OOC1(O2)C2CC3CC1CC(NC(=O)CCNC(C)=O)(C3)C2. The summed E-state index contributed by atoms with van der Waals surface area (Å²) >= 11 is 0. The Bertz CT molecular complexity index is 778. The average Bonchev–Trinajstić information content (AvgIpc) is 3.11. The second-order valence-electron chi connectivity index (χ2n) is 10.3. The quantitative estimate of drug-likeness (QED) is 0.622. The number of methoxy groups -OCH3 is 1. The van der Waals surface area contributed by atoms with Crippen LogP contribution in [0.25, 0.3) is 0 Å². The summed E-state index contributed by atoms with van der Waals surface area (Å²) in [6.07, 6.45) is 5.64. The van der Waals surface area contributed by atoms with Gasteiger partial charge in [0.1, 0.15) is 0 Å². The molecule has 2 N–H and O–H groups in total. The second-order valence-corrected chi connectivity index (χ2v) is 10.3. The number of rotatable bonds is 4. The first kappa shape index (κ1) is 21.9. The van der Waals surface area contributed by atoms with E-state index in [1.54, 1.807) is 4.90 Å². The first-order chi connectivity index (χ1) is 15.3. The zero-order valence-corrected chi connectivity index (χ0v) is 18.8. The van der Waals surface area contributed by atoms with Crippen molar-refractivity contribution in [1.29, 1.82) is 0 Å². The number of nitrogens with one attached hydrogen (secondary N) is 2. The summed E-state index contributed by atoms with van der Waals surface area (Å²) in [5.41, 5.74) is -0.230. The van der Waals surface area contributed by atoms with Crippen molar-refractivity contribution in [1.82, 2.24) is 15.5 Å². The van der Waals surface area contributed by atoms with Crippen LogP contribution in [0.3, 0.4) is 0 Å². The van der Waals surface area contributed by atoms with Gasteiger partial charge in [-0.05, 0) is 38.0 Å². The third-order valence-electron chi connectivity index (χ3n) is 8.09. The van der Waals surface area contributed by atoms with Gasteiger partial charge in [0.25, 0.3) is 0 Å². The molecule has 178 valence electrons. The Morgan fingerprint density at radius 3 is 2.38 bits per heavy atom. The lowest BCUT2D eigenvalue weighted by Gasteiger charge is -2.62. The summed E-state index contributed by atoms with van der Waals surface area (Å²) in [4.78, 5) is 49.1. The van der Waals surface area contributed by atoms with Gasteiger partial charge in [-0.15, -0.1) is 0 Å². The van der Waals surface area contributed by atoms with Crippen molar-refractivity contribution in [3.8, 4) is 0 Å². The molecule has 2 atom stereocenters. The molecule has 4 bridgehead atoms. The Hall–Kier alpha value is -1.91. The predicted octanol–water partition coefficient (Wildman–Crippen LogP) is 1.44. The van der Waals surface area contributed by atoms with Crippen LogP contribution in [0.2, 0.25) is 0 Å². The van der Waals surface area contributed by atoms with Gasteiger partial charge in [0, 0.05) is 63.2 Å². The lowest BCUT2D eigenvalue weighted by molar-refractivity contribution is -0.391. The second kappa shape index (κ2) is 7.85. The molecule has 2 unspecified atom stereocenters. The van der Waals surface area contributed by atoms with Crippen molar-refractivity contribution < 1.29 is 33.6 Å². The van der Waals surface area contributed by atoms with E-state index in [1.165, 1.54) is 14.0 Å². The highest BCUT2D eigenvalue weighted by Gasteiger charge is 2.70. The fraction of sp³-hybridized carbons (Fsp3) is 0.864. The Kier molecular flexibility index (Phi) is 5.37. The molecule has 2 spiro atoms. The summed E-state index contributed by atoms with van der Waals surface area (Å²) in [6.45, 7) is 2.80. The van der Waals surface area contributed by atoms with Crippen LogP contribution in [0.5, 0.6) is 0 Å². The molecule has 0 aromatic carbocycles. The molecular formula is C22H33N3O7. The van der Waals surface area contributed by atoms with Gasteiger partial charge in [0.15, 0.2) is 0 Å². The van der Waals surface area contributed by atoms with Crippen molar-refractivity contribution >= 4 is 17.9 Å². The molecule has 2 aliphatic heterocycles.